The maximum atomic E-state index is 12.6. The van der Waals surface area contributed by atoms with Gasteiger partial charge in [0, 0.05) is 19.2 Å². The molecule has 0 radical (unpaired) electrons. The van der Waals surface area contributed by atoms with E-state index in [0.29, 0.717) is 12.5 Å². The van der Waals surface area contributed by atoms with Crippen LogP contribution in [0.2, 0.25) is 0 Å². The van der Waals surface area contributed by atoms with E-state index in [4.69, 9.17) is 4.74 Å². The van der Waals surface area contributed by atoms with Gasteiger partial charge >= 0.3 is 0 Å². The first-order chi connectivity index (χ1) is 10.0. The monoisotopic (exact) mass is 289 g/mol. The summed E-state index contributed by atoms with van der Waals surface area (Å²) in [6, 6.07) is 4.16. The Hall–Kier alpha value is -1.19. The van der Waals surface area contributed by atoms with E-state index in [2.05, 4.69) is 24.8 Å². The second-order valence-electron chi connectivity index (χ2n) is 6.37. The lowest BCUT2D eigenvalue weighted by Gasteiger charge is -2.31. The second kappa shape index (κ2) is 7.19. The van der Waals surface area contributed by atoms with Crippen LogP contribution in [0.25, 0.3) is 0 Å². The van der Waals surface area contributed by atoms with Gasteiger partial charge in [-0.05, 0) is 68.8 Å². The van der Waals surface area contributed by atoms with E-state index < -0.39 is 0 Å². The number of carbonyl (C=O) groups is 1. The van der Waals surface area contributed by atoms with Crippen LogP contribution < -0.4 is 0 Å². The molecule has 21 heavy (non-hydrogen) atoms. The number of methoxy groups -OCH3 is 1. The number of benzene rings is 1. The van der Waals surface area contributed by atoms with Crippen LogP contribution in [0.1, 0.15) is 39.9 Å². The molecule has 0 spiro atoms. The average molecular weight is 289 g/mol. The molecule has 1 aliphatic heterocycles. The van der Waals surface area contributed by atoms with E-state index >= 15 is 0 Å². The van der Waals surface area contributed by atoms with Crippen LogP contribution in [0.15, 0.2) is 12.1 Å². The Bertz CT molecular complexity index is 508. The SMILES string of the molecule is COCC1CCCN(CC(=O)c2cc(C)c(C)cc2C)C1. The van der Waals surface area contributed by atoms with E-state index in [1.165, 1.54) is 17.5 Å². The predicted octanol–water partition coefficient (Wildman–Crippen LogP) is 3.15. The van der Waals surface area contributed by atoms with Crippen molar-refractivity contribution in [1.82, 2.24) is 4.90 Å². The van der Waals surface area contributed by atoms with E-state index in [-0.39, 0.29) is 5.78 Å². The summed E-state index contributed by atoms with van der Waals surface area (Å²) in [6.07, 6.45) is 2.37. The molecule has 1 aromatic carbocycles. The van der Waals surface area contributed by atoms with Gasteiger partial charge in [-0.25, -0.2) is 0 Å². The van der Waals surface area contributed by atoms with Crippen LogP contribution in [-0.2, 0) is 4.74 Å². The van der Waals surface area contributed by atoms with Gasteiger partial charge in [0.2, 0.25) is 0 Å². The summed E-state index contributed by atoms with van der Waals surface area (Å²) in [5.74, 6) is 0.811. The molecule has 1 unspecified atom stereocenters. The molecule has 1 heterocycles. The van der Waals surface area contributed by atoms with Crippen molar-refractivity contribution in [2.45, 2.75) is 33.6 Å². The normalized spacial score (nSPS) is 19.7. The number of ketones is 1. The van der Waals surface area contributed by atoms with Crippen molar-refractivity contribution in [3.8, 4) is 0 Å². The first-order valence-corrected chi connectivity index (χ1v) is 7.83. The number of nitrogens with zero attached hydrogens (tertiary/aromatic N) is 1. The Labute approximate surface area is 128 Å². The molecule has 1 fully saturated rings. The summed E-state index contributed by atoms with van der Waals surface area (Å²) < 4.78 is 5.26. The molecular weight excluding hydrogens is 262 g/mol. The number of ether oxygens (including phenoxy) is 1. The number of rotatable bonds is 5. The molecular formula is C18H27NO2. The summed E-state index contributed by atoms with van der Waals surface area (Å²) in [5, 5.41) is 0. The topological polar surface area (TPSA) is 29.5 Å². The molecule has 1 aliphatic rings. The third-order valence-electron chi connectivity index (χ3n) is 4.51. The average Bonchev–Trinajstić information content (AvgIpc) is 2.43. The highest BCUT2D eigenvalue weighted by Gasteiger charge is 2.22. The zero-order valence-electron chi connectivity index (χ0n) is 13.7. The molecule has 0 amide bonds. The minimum absolute atomic E-state index is 0.244. The smallest absolute Gasteiger partial charge is 0.177 e. The first-order valence-electron chi connectivity index (χ1n) is 7.83. The summed E-state index contributed by atoms with van der Waals surface area (Å²) >= 11 is 0. The fourth-order valence-corrected chi connectivity index (χ4v) is 3.22. The van der Waals surface area contributed by atoms with Crippen molar-refractivity contribution >= 4 is 5.78 Å². The molecule has 116 valence electrons. The van der Waals surface area contributed by atoms with Crippen molar-refractivity contribution in [3.05, 3.63) is 34.4 Å². The Morgan fingerprint density at radius 2 is 1.95 bits per heavy atom. The minimum atomic E-state index is 0.244. The van der Waals surface area contributed by atoms with Gasteiger partial charge in [-0.1, -0.05) is 6.07 Å². The van der Waals surface area contributed by atoms with Gasteiger partial charge in [0.05, 0.1) is 13.2 Å². The van der Waals surface area contributed by atoms with Crippen LogP contribution in [0, 0.1) is 26.7 Å². The number of hydrogen-bond acceptors (Lipinski definition) is 3. The van der Waals surface area contributed by atoms with E-state index in [1.54, 1.807) is 7.11 Å². The quantitative estimate of drug-likeness (QED) is 0.780. The number of likely N-dealkylation sites (tertiary alicyclic amines) is 1. The van der Waals surface area contributed by atoms with Crippen molar-refractivity contribution in [2.75, 3.05) is 33.4 Å². The van der Waals surface area contributed by atoms with Gasteiger partial charge < -0.3 is 4.74 Å². The first kappa shape index (κ1) is 16.2. The van der Waals surface area contributed by atoms with Crippen molar-refractivity contribution in [3.63, 3.8) is 0 Å². The molecule has 1 saturated heterocycles. The molecule has 2 rings (SSSR count). The molecule has 1 atom stereocenters. The minimum Gasteiger partial charge on any atom is -0.384 e. The van der Waals surface area contributed by atoms with Crippen molar-refractivity contribution in [1.29, 1.82) is 0 Å². The van der Waals surface area contributed by atoms with Crippen LogP contribution in [0.4, 0.5) is 0 Å². The molecule has 0 bridgehead atoms. The standard InChI is InChI=1S/C18H27NO2/c1-13-8-15(3)17(9-14(13)2)18(20)11-19-7-5-6-16(10-19)12-21-4/h8-9,16H,5-7,10-12H2,1-4H3. The Morgan fingerprint density at radius 1 is 1.24 bits per heavy atom. The van der Waals surface area contributed by atoms with E-state index in [0.717, 1.165) is 37.2 Å². The summed E-state index contributed by atoms with van der Waals surface area (Å²) in [5.41, 5.74) is 4.42. The zero-order chi connectivity index (χ0) is 15.4. The Kier molecular flexibility index (Phi) is 5.54. The molecule has 1 aromatic rings. The highest BCUT2D eigenvalue weighted by molar-refractivity contribution is 5.99. The lowest BCUT2D eigenvalue weighted by molar-refractivity contribution is 0.0757. The number of carbonyl (C=O) groups excluding carboxylic acids is 1. The van der Waals surface area contributed by atoms with Gasteiger partial charge in [-0.2, -0.15) is 0 Å². The number of Topliss-reactive ketones (excluding diaryl/α,β-unsaturated/α-hetero) is 1. The van der Waals surface area contributed by atoms with Gasteiger partial charge in [-0.15, -0.1) is 0 Å². The lowest BCUT2D eigenvalue weighted by Crippen LogP contribution is -2.40. The second-order valence-corrected chi connectivity index (χ2v) is 6.37. The molecule has 3 nitrogen and oxygen atoms in total. The van der Waals surface area contributed by atoms with E-state index in [1.807, 2.05) is 13.0 Å². The number of hydrogen-bond donors (Lipinski definition) is 0. The lowest BCUT2D eigenvalue weighted by atomic mass is 9.96. The molecule has 0 saturated carbocycles. The largest absolute Gasteiger partial charge is 0.384 e. The highest BCUT2D eigenvalue weighted by atomic mass is 16.5. The number of aryl methyl sites for hydroxylation is 3. The van der Waals surface area contributed by atoms with E-state index in [9.17, 15) is 4.79 Å². The fraction of sp³-hybridized carbons (Fsp3) is 0.611. The Balaban J connectivity index is 2.02. The van der Waals surface area contributed by atoms with Crippen LogP contribution in [0.5, 0.6) is 0 Å². The summed E-state index contributed by atoms with van der Waals surface area (Å²) in [7, 11) is 1.75. The number of piperidine rings is 1. The molecule has 0 aliphatic carbocycles. The third-order valence-corrected chi connectivity index (χ3v) is 4.51. The third kappa shape index (κ3) is 4.14. The fourth-order valence-electron chi connectivity index (χ4n) is 3.22. The maximum absolute atomic E-state index is 12.6. The maximum Gasteiger partial charge on any atom is 0.177 e. The van der Waals surface area contributed by atoms with Gasteiger partial charge in [0.1, 0.15) is 0 Å². The van der Waals surface area contributed by atoms with Crippen molar-refractivity contribution in [2.24, 2.45) is 5.92 Å². The zero-order valence-corrected chi connectivity index (χ0v) is 13.7. The highest BCUT2D eigenvalue weighted by Crippen LogP contribution is 2.19. The molecule has 3 heteroatoms. The van der Waals surface area contributed by atoms with Gasteiger partial charge in [0.15, 0.2) is 5.78 Å². The van der Waals surface area contributed by atoms with Crippen LogP contribution >= 0.6 is 0 Å². The summed E-state index contributed by atoms with van der Waals surface area (Å²) in [4.78, 5) is 14.9. The van der Waals surface area contributed by atoms with Gasteiger partial charge in [-0.3, -0.25) is 9.69 Å². The molecule has 0 N–H and O–H groups in total. The van der Waals surface area contributed by atoms with Gasteiger partial charge in [0.25, 0.3) is 0 Å². The predicted molar refractivity (Wildman–Crippen MR) is 86.0 cm³/mol. The van der Waals surface area contributed by atoms with Crippen LogP contribution in [0.3, 0.4) is 0 Å². The van der Waals surface area contributed by atoms with Crippen LogP contribution in [-0.4, -0.2) is 44.0 Å². The Morgan fingerprint density at radius 3 is 2.67 bits per heavy atom. The summed E-state index contributed by atoms with van der Waals surface area (Å²) in [6.45, 7) is 9.53. The molecule has 0 aromatic heterocycles. The van der Waals surface area contributed by atoms with Crippen molar-refractivity contribution < 1.29 is 9.53 Å².